The number of hydrogen-bond donors (Lipinski definition) is 1. The Kier molecular flexibility index (Phi) is 4.90. The third kappa shape index (κ3) is 3.58. The molecule has 0 saturated heterocycles. The van der Waals surface area contributed by atoms with Crippen molar-refractivity contribution in [2.45, 2.75) is 19.4 Å². The van der Waals surface area contributed by atoms with Crippen molar-refractivity contribution in [2.24, 2.45) is 0 Å². The molecule has 1 unspecified atom stereocenters. The Balaban J connectivity index is 2.19. The van der Waals surface area contributed by atoms with Crippen molar-refractivity contribution in [3.8, 4) is 11.5 Å². The summed E-state index contributed by atoms with van der Waals surface area (Å²) in [5, 5.41) is 14.2. The SMILES string of the molecule is CCC(NC)c1ccc(Oc2ccccc2[N+](=O)[O-])cc1. The van der Waals surface area contributed by atoms with Crippen LogP contribution < -0.4 is 10.1 Å². The smallest absolute Gasteiger partial charge is 0.311 e. The maximum atomic E-state index is 11.0. The van der Waals surface area contributed by atoms with Crippen molar-refractivity contribution in [1.29, 1.82) is 0 Å². The molecule has 5 heteroatoms. The molecule has 0 bridgehead atoms. The standard InChI is InChI=1S/C16H18N2O3/c1-3-14(17-2)12-8-10-13(11-9-12)21-16-7-5-4-6-15(16)18(19)20/h4-11,14,17H,3H2,1-2H3. The summed E-state index contributed by atoms with van der Waals surface area (Å²) in [6.45, 7) is 2.11. The Morgan fingerprint density at radius 1 is 1.19 bits per heavy atom. The van der Waals surface area contributed by atoms with E-state index in [-0.39, 0.29) is 11.4 Å². The van der Waals surface area contributed by atoms with Crippen LogP contribution in [0.5, 0.6) is 11.5 Å². The van der Waals surface area contributed by atoms with E-state index in [1.165, 1.54) is 6.07 Å². The van der Waals surface area contributed by atoms with Gasteiger partial charge < -0.3 is 10.1 Å². The highest BCUT2D eigenvalue weighted by Gasteiger charge is 2.14. The first kappa shape index (κ1) is 15.0. The minimum Gasteiger partial charge on any atom is -0.450 e. The predicted molar refractivity (Wildman–Crippen MR) is 81.7 cm³/mol. The number of nitrogens with one attached hydrogen (secondary N) is 1. The quantitative estimate of drug-likeness (QED) is 0.642. The largest absolute Gasteiger partial charge is 0.450 e. The van der Waals surface area contributed by atoms with Gasteiger partial charge in [0.05, 0.1) is 4.92 Å². The first-order valence-electron chi connectivity index (χ1n) is 6.84. The van der Waals surface area contributed by atoms with Gasteiger partial charge in [-0.2, -0.15) is 0 Å². The molecule has 1 N–H and O–H groups in total. The van der Waals surface area contributed by atoms with Crippen LogP contribution in [0.15, 0.2) is 48.5 Å². The number of benzene rings is 2. The minimum absolute atomic E-state index is 0.0387. The van der Waals surface area contributed by atoms with Gasteiger partial charge >= 0.3 is 5.69 Å². The van der Waals surface area contributed by atoms with E-state index >= 15 is 0 Å². The van der Waals surface area contributed by atoms with Gasteiger partial charge in [0.1, 0.15) is 5.75 Å². The number of ether oxygens (including phenoxy) is 1. The molecule has 2 aromatic rings. The zero-order chi connectivity index (χ0) is 15.2. The van der Waals surface area contributed by atoms with E-state index < -0.39 is 4.92 Å². The van der Waals surface area contributed by atoms with E-state index in [4.69, 9.17) is 4.74 Å². The first-order valence-corrected chi connectivity index (χ1v) is 6.84. The highest BCUT2D eigenvalue weighted by molar-refractivity contribution is 5.48. The molecule has 0 saturated carbocycles. The summed E-state index contributed by atoms with van der Waals surface area (Å²) in [6.07, 6.45) is 0.987. The molecule has 0 aliphatic rings. The summed E-state index contributed by atoms with van der Waals surface area (Å²) < 4.78 is 5.61. The van der Waals surface area contributed by atoms with Crippen molar-refractivity contribution in [3.63, 3.8) is 0 Å². The molecule has 0 aliphatic heterocycles. The molecule has 2 rings (SSSR count). The highest BCUT2D eigenvalue weighted by atomic mass is 16.6. The Hall–Kier alpha value is -2.40. The fourth-order valence-corrected chi connectivity index (χ4v) is 2.20. The molecule has 1 atom stereocenters. The van der Waals surface area contributed by atoms with E-state index in [9.17, 15) is 10.1 Å². The molecular weight excluding hydrogens is 268 g/mol. The molecule has 0 spiro atoms. The average Bonchev–Trinajstić information content (AvgIpc) is 2.50. The average molecular weight is 286 g/mol. The van der Waals surface area contributed by atoms with Gasteiger partial charge in [-0.3, -0.25) is 10.1 Å². The summed E-state index contributed by atoms with van der Waals surface area (Å²) in [6, 6.07) is 14.2. The van der Waals surface area contributed by atoms with Gasteiger partial charge in [0.2, 0.25) is 5.75 Å². The van der Waals surface area contributed by atoms with Crippen LogP contribution in [-0.4, -0.2) is 12.0 Å². The molecule has 2 aromatic carbocycles. The van der Waals surface area contributed by atoms with Crippen LogP contribution in [-0.2, 0) is 0 Å². The second-order valence-corrected chi connectivity index (χ2v) is 4.65. The summed E-state index contributed by atoms with van der Waals surface area (Å²) in [4.78, 5) is 10.5. The fourth-order valence-electron chi connectivity index (χ4n) is 2.20. The van der Waals surface area contributed by atoms with E-state index in [2.05, 4.69) is 12.2 Å². The molecule has 21 heavy (non-hydrogen) atoms. The van der Waals surface area contributed by atoms with Gasteiger partial charge in [-0.05, 0) is 37.2 Å². The van der Waals surface area contributed by atoms with Gasteiger partial charge in [0.15, 0.2) is 0 Å². The number of rotatable bonds is 6. The van der Waals surface area contributed by atoms with Crippen LogP contribution in [0.25, 0.3) is 0 Å². The molecule has 0 heterocycles. The summed E-state index contributed by atoms with van der Waals surface area (Å²) in [7, 11) is 1.92. The van der Waals surface area contributed by atoms with Crippen molar-refractivity contribution >= 4 is 5.69 Å². The zero-order valence-corrected chi connectivity index (χ0v) is 12.1. The maximum absolute atomic E-state index is 11.0. The Morgan fingerprint density at radius 2 is 1.86 bits per heavy atom. The zero-order valence-electron chi connectivity index (χ0n) is 12.1. The predicted octanol–water partition coefficient (Wildman–Crippen LogP) is 4.06. The molecule has 5 nitrogen and oxygen atoms in total. The number of nitro groups is 1. The highest BCUT2D eigenvalue weighted by Crippen LogP contribution is 2.31. The molecule has 0 fully saturated rings. The van der Waals surface area contributed by atoms with Crippen LogP contribution in [0.2, 0.25) is 0 Å². The van der Waals surface area contributed by atoms with E-state index in [1.54, 1.807) is 18.2 Å². The molecular formula is C16H18N2O3. The van der Waals surface area contributed by atoms with Gasteiger partial charge in [-0.25, -0.2) is 0 Å². The Labute approximate surface area is 123 Å². The third-order valence-corrected chi connectivity index (χ3v) is 3.33. The second-order valence-electron chi connectivity index (χ2n) is 4.65. The second kappa shape index (κ2) is 6.85. The van der Waals surface area contributed by atoms with Crippen LogP contribution >= 0.6 is 0 Å². The van der Waals surface area contributed by atoms with Crippen molar-refractivity contribution in [3.05, 3.63) is 64.2 Å². The maximum Gasteiger partial charge on any atom is 0.311 e. The lowest BCUT2D eigenvalue weighted by atomic mass is 10.0. The monoisotopic (exact) mass is 286 g/mol. The lowest BCUT2D eigenvalue weighted by Gasteiger charge is -2.14. The van der Waals surface area contributed by atoms with Crippen LogP contribution in [0.1, 0.15) is 24.9 Å². The molecule has 110 valence electrons. The van der Waals surface area contributed by atoms with Crippen molar-refractivity contribution in [2.75, 3.05) is 7.05 Å². The molecule has 0 aliphatic carbocycles. The Bertz CT molecular complexity index is 607. The van der Waals surface area contributed by atoms with Gasteiger partial charge in [0.25, 0.3) is 0 Å². The normalized spacial score (nSPS) is 11.9. The topological polar surface area (TPSA) is 64.4 Å². The fraction of sp³-hybridized carbons (Fsp3) is 0.250. The lowest BCUT2D eigenvalue weighted by Crippen LogP contribution is -2.14. The van der Waals surface area contributed by atoms with Gasteiger partial charge in [-0.15, -0.1) is 0 Å². The van der Waals surface area contributed by atoms with Crippen LogP contribution in [0.3, 0.4) is 0 Å². The van der Waals surface area contributed by atoms with E-state index in [0.29, 0.717) is 11.8 Å². The molecule has 0 radical (unpaired) electrons. The third-order valence-electron chi connectivity index (χ3n) is 3.33. The van der Waals surface area contributed by atoms with E-state index in [1.807, 2.05) is 31.3 Å². The van der Waals surface area contributed by atoms with E-state index in [0.717, 1.165) is 12.0 Å². The lowest BCUT2D eigenvalue weighted by molar-refractivity contribution is -0.385. The van der Waals surface area contributed by atoms with Crippen molar-refractivity contribution in [1.82, 2.24) is 5.32 Å². The summed E-state index contributed by atoms with van der Waals surface area (Å²) in [5.41, 5.74) is 1.12. The Morgan fingerprint density at radius 3 is 2.43 bits per heavy atom. The van der Waals surface area contributed by atoms with Crippen molar-refractivity contribution < 1.29 is 9.66 Å². The number of para-hydroxylation sites is 2. The number of hydrogen-bond acceptors (Lipinski definition) is 4. The number of nitrogens with zero attached hydrogens (tertiary/aromatic N) is 1. The first-order chi connectivity index (χ1) is 10.2. The van der Waals surface area contributed by atoms with Gasteiger partial charge in [-0.1, -0.05) is 31.2 Å². The van der Waals surface area contributed by atoms with Crippen LogP contribution in [0.4, 0.5) is 5.69 Å². The minimum atomic E-state index is -0.447. The van der Waals surface area contributed by atoms with Gasteiger partial charge in [0, 0.05) is 12.1 Å². The molecule has 0 amide bonds. The van der Waals surface area contributed by atoms with Crippen LogP contribution in [0, 0.1) is 10.1 Å². The summed E-state index contributed by atoms with van der Waals surface area (Å²) in [5.74, 6) is 0.829. The molecule has 0 aromatic heterocycles. The summed E-state index contributed by atoms with van der Waals surface area (Å²) >= 11 is 0. The number of nitro benzene ring substituents is 1.